The standard InChI is InChI=1S/C16H21NO4/c1-4-16(2,3)15(19)21-12-11-20-14(18)6-5-13-7-9-17-10-8-13/h5-10H,4,11-12H2,1-3H3/b6-5+. The zero-order chi connectivity index (χ0) is 15.7. The summed E-state index contributed by atoms with van der Waals surface area (Å²) in [7, 11) is 0. The minimum Gasteiger partial charge on any atom is -0.462 e. The van der Waals surface area contributed by atoms with E-state index in [1.54, 1.807) is 30.6 Å². The van der Waals surface area contributed by atoms with Gasteiger partial charge in [-0.2, -0.15) is 0 Å². The second kappa shape index (κ2) is 8.19. The first-order valence-corrected chi connectivity index (χ1v) is 6.88. The number of nitrogens with zero attached hydrogens (tertiary/aromatic N) is 1. The highest BCUT2D eigenvalue weighted by atomic mass is 16.6. The largest absolute Gasteiger partial charge is 0.462 e. The Morgan fingerprint density at radius 1 is 1.19 bits per heavy atom. The smallest absolute Gasteiger partial charge is 0.330 e. The Balaban J connectivity index is 2.26. The van der Waals surface area contributed by atoms with Crippen LogP contribution < -0.4 is 0 Å². The highest BCUT2D eigenvalue weighted by Gasteiger charge is 2.26. The molecule has 0 bridgehead atoms. The number of hydrogen-bond acceptors (Lipinski definition) is 5. The van der Waals surface area contributed by atoms with Crippen molar-refractivity contribution in [1.29, 1.82) is 0 Å². The third kappa shape index (κ3) is 6.21. The Morgan fingerprint density at radius 3 is 2.43 bits per heavy atom. The maximum atomic E-state index is 11.7. The van der Waals surface area contributed by atoms with Gasteiger partial charge in [-0.15, -0.1) is 0 Å². The van der Waals surface area contributed by atoms with Crippen LogP contribution >= 0.6 is 0 Å². The van der Waals surface area contributed by atoms with Crippen LogP contribution in [0.4, 0.5) is 0 Å². The fourth-order valence-electron chi connectivity index (χ4n) is 1.30. The summed E-state index contributed by atoms with van der Waals surface area (Å²) in [6, 6.07) is 3.55. The first-order chi connectivity index (χ1) is 9.95. The molecule has 0 saturated carbocycles. The first-order valence-electron chi connectivity index (χ1n) is 6.88. The van der Waals surface area contributed by atoms with E-state index < -0.39 is 11.4 Å². The Morgan fingerprint density at radius 2 is 1.81 bits per heavy atom. The Bertz CT molecular complexity index is 494. The average Bonchev–Trinajstić information content (AvgIpc) is 2.50. The molecule has 0 aromatic carbocycles. The summed E-state index contributed by atoms with van der Waals surface area (Å²) in [5.41, 5.74) is 0.351. The molecule has 0 spiro atoms. The lowest BCUT2D eigenvalue weighted by Gasteiger charge is -2.20. The van der Waals surface area contributed by atoms with Gasteiger partial charge < -0.3 is 9.47 Å². The molecule has 1 rings (SSSR count). The fraction of sp³-hybridized carbons (Fsp3) is 0.438. The van der Waals surface area contributed by atoms with Crippen molar-refractivity contribution < 1.29 is 19.1 Å². The van der Waals surface area contributed by atoms with Gasteiger partial charge >= 0.3 is 11.9 Å². The van der Waals surface area contributed by atoms with E-state index in [-0.39, 0.29) is 19.2 Å². The monoisotopic (exact) mass is 291 g/mol. The molecule has 0 atom stereocenters. The zero-order valence-electron chi connectivity index (χ0n) is 12.7. The molecule has 1 aromatic heterocycles. The van der Waals surface area contributed by atoms with Gasteiger partial charge in [-0.05, 0) is 44.0 Å². The average molecular weight is 291 g/mol. The highest BCUT2D eigenvalue weighted by molar-refractivity contribution is 5.87. The lowest BCUT2D eigenvalue weighted by molar-refractivity contribution is -0.157. The Labute approximate surface area is 125 Å². The number of aromatic nitrogens is 1. The van der Waals surface area contributed by atoms with E-state index in [4.69, 9.17) is 9.47 Å². The van der Waals surface area contributed by atoms with Crippen LogP contribution in [0.3, 0.4) is 0 Å². The topological polar surface area (TPSA) is 65.5 Å². The predicted octanol–water partition coefficient (Wildman–Crippen LogP) is 2.62. The van der Waals surface area contributed by atoms with Crippen molar-refractivity contribution in [2.45, 2.75) is 27.2 Å². The third-order valence-electron chi connectivity index (χ3n) is 3.12. The Kier molecular flexibility index (Phi) is 6.59. The third-order valence-corrected chi connectivity index (χ3v) is 3.12. The summed E-state index contributed by atoms with van der Waals surface area (Å²) in [6.45, 7) is 5.67. The Hall–Kier alpha value is -2.17. The molecule has 0 N–H and O–H groups in total. The van der Waals surface area contributed by atoms with Crippen molar-refractivity contribution >= 4 is 18.0 Å². The number of carbonyl (C=O) groups excluding carboxylic acids is 2. The van der Waals surface area contributed by atoms with Gasteiger partial charge in [0.15, 0.2) is 0 Å². The van der Waals surface area contributed by atoms with E-state index in [0.29, 0.717) is 6.42 Å². The predicted molar refractivity (Wildman–Crippen MR) is 79.3 cm³/mol. The number of carbonyl (C=O) groups is 2. The minimum absolute atomic E-state index is 0.0467. The van der Waals surface area contributed by atoms with Crippen LogP contribution in [0.5, 0.6) is 0 Å². The molecule has 5 nitrogen and oxygen atoms in total. The molecule has 114 valence electrons. The SMILES string of the molecule is CCC(C)(C)C(=O)OCCOC(=O)/C=C/c1ccncc1. The molecule has 5 heteroatoms. The second-order valence-electron chi connectivity index (χ2n) is 5.15. The molecular weight excluding hydrogens is 270 g/mol. The molecule has 0 aliphatic rings. The van der Waals surface area contributed by atoms with Gasteiger partial charge in [0.05, 0.1) is 5.41 Å². The number of pyridine rings is 1. The number of rotatable bonds is 7. The quantitative estimate of drug-likeness (QED) is 0.439. The number of hydrogen-bond donors (Lipinski definition) is 0. The van der Waals surface area contributed by atoms with E-state index in [2.05, 4.69) is 4.98 Å². The van der Waals surface area contributed by atoms with Gasteiger partial charge in [-0.1, -0.05) is 6.92 Å². The zero-order valence-corrected chi connectivity index (χ0v) is 12.7. The molecule has 0 amide bonds. The van der Waals surface area contributed by atoms with Crippen molar-refractivity contribution in [3.05, 3.63) is 36.2 Å². The fourth-order valence-corrected chi connectivity index (χ4v) is 1.30. The van der Waals surface area contributed by atoms with Crippen molar-refractivity contribution in [2.24, 2.45) is 5.41 Å². The summed E-state index contributed by atoms with van der Waals surface area (Å²) in [5.74, 6) is -0.758. The van der Waals surface area contributed by atoms with Gasteiger partial charge in [0, 0.05) is 18.5 Å². The maximum Gasteiger partial charge on any atom is 0.330 e. The summed E-state index contributed by atoms with van der Waals surface area (Å²) < 4.78 is 10.0. The number of ether oxygens (including phenoxy) is 2. The molecule has 0 saturated heterocycles. The molecule has 21 heavy (non-hydrogen) atoms. The molecule has 1 heterocycles. The van der Waals surface area contributed by atoms with Gasteiger partial charge in [0.2, 0.25) is 0 Å². The summed E-state index contributed by atoms with van der Waals surface area (Å²) in [5, 5.41) is 0. The van der Waals surface area contributed by atoms with E-state index in [1.165, 1.54) is 6.08 Å². The van der Waals surface area contributed by atoms with Crippen LogP contribution in [-0.2, 0) is 19.1 Å². The highest BCUT2D eigenvalue weighted by Crippen LogP contribution is 2.21. The molecule has 1 aromatic rings. The minimum atomic E-state index is -0.509. The van der Waals surface area contributed by atoms with Gasteiger partial charge in [0.1, 0.15) is 13.2 Å². The molecule has 0 radical (unpaired) electrons. The molecule has 0 unspecified atom stereocenters. The van der Waals surface area contributed by atoms with Gasteiger partial charge in [-0.3, -0.25) is 9.78 Å². The van der Waals surface area contributed by atoms with Crippen LogP contribution in [0.15, 0.2) is 30.6 Å². The summed E-state index contributed by atoms with van der Waals surface area (Å²) in [6.07, 6.45) is 6.93. The van der Waals surface area contributed by atoms with Crippen LogP contribution in [0, 0.1) is 5.41 Å². The molecular formula is C16H21NO4. The van der Waals surface area contributed by atoms with Gasteiger partial charge in [0.25, 0.3) is 0 Å². The van der Waals surface area contributed by atoms with E-state index in [0.717, 1.165) is 5.56 Å². The van der Waals surface area contributed by atoms with Crippen molar-refractivity contribution in [3.8, 4) is 0 Å². The van der Waals surface area contributed by atoms with Crippen molar-refractivity contribution in [1.82, 2.24) is 4.98 Å². The molecule has 0 aliphatic heterocycles. The van der Waals surface area contributed by atoms with Crippen molar-refractivity contribution in [2.75, 3.05) is 13.2 Å². The lowest BCUT2D eigenvalue weighted by Crippen LogP contribution is -2.27. The van der Waals surface area contributed by atoms with Crippen molar-refractivity contribution in [3.63, 3.8) is 0 Å². The maximum absolute atomic E-state index is 11.7. The normalized spacial score (nSPS) is 11.4. The van der Waals surface area contributed by atoms with Crippen LogP contribution in [0.2, 0.25) is 0 Å². The van der Waals surface area contributed by atoms with E-state index in [9.17, 15) is 9.59 Å². The first kappa shape index (κ1) is 16.9. The van der Waals surface area contributed by atoms with E-state index >= 15 is 0 Å². The second-order valence-corrected chi connectivity index (χ2v) is 5.15. The molecule has 0 aliphatic carbocycles. The van der Waals surface area contributed by atoms with Gasteiger partial charge in [-0.25, -0.2) is 4.79 Å². The van der Waals surface area contributed by atoms with E-state index in [1.807, 2.05) is 20.8 Å². The van der Waals surface area contributed by atoms with Crippen LogP contribution in [0.25, 0.3) is 6.08 Å². The van der Waals surface area contributed by atoms with Crippen LogP contribution in [0.1, 0.15) is 32.8 Å². The van der Waals surface area contributed by atoms with Crippen LogP contribution in [-0.4, -0.2) is 30.1 Å². The molecule has 0 fully saturated rings. The number of esters is 2. The summed E-state index contributed by atoms with van der Waals surface area (Å²) >= 11 is 0. The summed E-state index contributed by atoms with van der Waals surface area (Å²) in [4.78, 5) is 27.0. The lowest BCUT2D eigenvalue weighted by atomic mass is 9.91.